The number of piperidine rings is 1. The lowest BCUT2D eigenvalue weighted by atomic mass is 9.97. The van der Waals surface area contributed by atoms with Crippen LogP contribution in [0.15, 0.2) is 4.79 Å². The molecule has 23 heavy (non-hydrogen) atoms. The smallest absolute Gasteiger partial charge is 0.317 e. The fourth-order valence-electron chi connectivity index (χ4n) is 3.76. The minimum atomic E-state index is -2.95. The highest BCUT2D eigenvalue weighted by atomic mass is 32.2. The minimum Gasteiger partial charge on any atom is -0.317 e. The first kappa shape index (κ1) is 16.7. The Labute approximate surface area is 137 Å². The van der Waals surface area contributed by atoms with Gasteiger partial charge in [-0.25, -0.2) is 17.9 Å². The van der Waals surface area contributed by atoms with Gasteiger partial charge in [0.05, 0.1) is 18.1 Å². The normalized spacial score (nSPS) is 25.5. The van der Waals surface area contributed by atoms with E-state index < -0.39 is 9.84 Å². The summed E-state index contributed by atoms with van der Waals surface area (Å²) in [6, 6.07) is 0. The quantitative estimate of drug-likeness (QED) is 0.854. The van der Waals surface area contributed by atoms with Gasteiger partial charge in [-0.1, -0.05) is 0 Å². The summed E-state index contributed by atoms with van der Waals surface area (Å²) < 4.78 is 26.8. The summed E-state index contributed by atoms with van der Waals surface area (Å²) in [5, 5.41) is 7.92. The molecule has 1 aromatic rings. The number of nitrogens with zero attached hydrogens (tertiary/aromatic N) is 3. The molecule has 7 nitrogen and oxygen atoms in total. The van der Waals surface area contributed by atoms with Crippen LogP contribution in [0.1, 0.15) is 44.3 Å². The van der Waals surface area contributed by atoms with Crippen LogP contribution < -0.4 is 11.0 Å². The third-order valence-electron chi connectivity index (χ3n) is 4.96. The summed E-state index contributed by atoms with van der Waals surface area (Å²) in [5.74, 6) is 1.66. The molecule has 1 aromatic heterocycles. The van der Waals surface area contributed by atoms with Crippen molar-refractivity contribution in [1.29, 1.82) is 0 Å². The van der Waals surface area contributed by atoms with Gasteiger partial charge in [-0.05, 0) is 51.6 Å². The van der Waals surface area contributed by atoms with Gasteiger partial charge in [0.25, 0.3) is 0 Å². The summed E-state index contributed by atoms with van der Waals surface area (Å²) in [6.45, 7) is 4.90. The maximum Gasteiger partial charge on any atom is 0.345 e. The van der Waals surface area contributed by atoms with Gasteiger partial charge in [-0.15, -0.1) is 0 Å². The van der Waals surface area contributed by atoms with E-state index >= 15 is 0 Å². The summed E-state index contributed by atoms with van der Waals surface area (Å²) in [4.78, 5) is 12.6. The molecular weight excluding hydrogens is 316 g/mol. The van der Waals surface area contributed by atoms with Gasteiger partial charge in [-0.3, -0.25) is 4.57 Å². The fourth-order valence-corrected chi connectivity index (χ4v) is 5.53. The summed E-state index contributed by atoms with van der Waals surface area (Å²) in [5.41, 5.74) is -0.0935. The van der Waals surface area contributed by atoms with Crippen LogP contribution in [0, 0.1) is 5.92 Å². The Kier molecular flexibility index (Phi) is 4.91. The molecule has 0 saturated carbocycles. The second kappa shape index (κ2) is 6.76. The second-order valence-electron chi connectivity index (χ2n) is 6.71. The van der Waals surface area contributed by atoms with Gasteiger partial charge in [0.2, 0.25) is 0 Å². The Morgan fingerprint density at radius 3 is 2.65 bits per heavy atom. The monoisotopic (exact) mass is 342 g/mol. The molecule has 0 radical (unpaired) electrons. The van der Waals surface area contributed by atoms with Crippen molar-refractivity contribution in [3.63, 3.8) is 0 Å². The van der Waals surface area contributed by atoms with Crippen LogP contribution in [0.4, 0.5) is 0 Å². The summed E-state index contributed by atoms with van der Waals surface area (Å²) in [6.07, 6.45) is 3.53. The second-order valence-corrected chi connectivity index (χ2v) is 8.94. The van der Waals surface area contributed by atoms with Crippen molar-refractivity contribution in [3.8, 4) is 0 Å². The van der Waals surface area contributed by atoms with Crippen molar-refractivity contribution in [2.24, 2.45) is 5.92 Å². The van der Waals surface area contributed by atoms with Crippen LogP contribution in [-0.4, -0.2) is 47.4 Å². The number of nitrogens with one attached hydrogen (secondary N) is 1. The number of aromatic nitrogens is 3. The Morgan fingerprint density at radius 1 is 1.26 bits per heavy atom. The van der Waals surface area contributed by atoms with E-state index in [-0.39, 0.29) is 23.1 Å². The molecule has 1 N–H and O–H groups in total. The molecular formula is C15H26N4O3S. The lowest BCUT2D eigenvalue weighted by Crippen LogP contribution is -2.33. The molecule has 3 rings (SSSR count). The minimum absolute atomic E-state index is 0.00697. The summed E-state index contributed by atoms with van der Waals surface area (Å²) in [7, 11) is -2.95. The van der Waals surface area contributed by atoms with Crippen molar-refractivity contribution in [2.75, 3.05) is 24.6 Å². The van der Waals surface area contributed by atoms with E-state index in [1.807, 2.05) is 6.92 Å². The molecule has 3 heterocycles. The van der Waals surface area contributed by atoms with Gasteiger partial charge in [0.1, 0.15) is 5.82 Å². The number of rotatable bonds is 4. The van der Waals surface area contributed by atoms with Crippen molar-refractivity contribution >= 4 is 9.84 Å². The van der Waals surface area contributed by atoms with Crippen molar-refractivity contribution in [2.45, 2.75) is 51.6 Å². The van der Waals surface area contributed by atoms with Crippen molar-refractivity contribution in [1.82, 2.24) is 19.7 Å². The maximum absolute atomic E-state index is 12.6. The largest absolute Gasteiger partial charge is 0.345 e. The molecule has 2 aliphatic heterocycles. The van der Waals surface area contributed by atoms with E-state index in [1.165, 1.54) is 4.68 Å². The van der Waals surface area contributed by atoms with Gasteiger partial charge >= 0.3 is 5.69 Å². The van der Waals surface area contributed by atoms with Crippen molar-refractivity contribution < 1.29 is 8.42 Å². The highest BCUT2D eigenvalue weighted by Crippen LogP contribution is 2.24. The number of hydrogen-bond acceptors (Lipinski definition) is 5. The number of sulfone groups is 1. The maximum atomic E-state index is 12.6. The zero-order valence-corrected chi connectivity index (χ0v) is 14.5. The van der Waals surface area contributed by atoms with Crippen LogP contribution in [0.2, 0.25) is 0 Å². The Hall–Kier alpha value is -1.15. The molecule has 130 valence electrons. The predicted octanol–water partition coefficient (Wildman–Crippen LogP) is 0.357. The van der Waals surface area contributed by atoms with E-state index in [4.69, 9.17) is 0 Å². The molecule has 0 amide bonds. The third kappa shape index (κ3) is 3.68. The van der Waals surface area contributed by atoms with Crippen LogP contribution in [0.5, 0.6) is 0 Å². The van der Waals surface area contributed by atoms with Crippen LogP contribution >= 0.6 is 0 Å². The molecule has 2 saturated heterocycles. The predicted molar refractivity (Wildman–Crippen MR) is 88.4 cm³/mol. The van der Waals surface area contributed by atoms with Gasteiger partial charge in [0.15, 0.2) is 9.84 Å². The molecule has 0 spiro atoms. The van der Waals surface area contributed by atoms with Gasteiger partial charge in [-0.2, -0.15) is 5.10 Å². The molecule has 0 bridgehead atoms. The molecule has 8 heteroatoms. The van der Waals surface area contributed by atoms with E-state index in [1.54, 1.807) is 4.57 Å². The lowest BCUT2D eigenvalue weighted by Gasteiger charge is -2.22. The molecule has 0 aromatic carbocycles. The van der Waals surface area contributed by atoms with Crippen LogP contribution in [-0.2, 0) is 22.9 Å². The zero-order valence-electron chi connectivity index (χ0n) is 13.7. The van der Waals surface area contributed by atoms with Gasteiger partial charge < -0.3 is 5.32 Å². The average molecular weight is 342 g/mol. The number of hydrogen-bond donors (Lipinski definition) is 1. The molecule has 1 atom stereocenters. The fraction of sp³-hybridized carbons (Fsp3) is 0.867. The molecule has 0 unspecified atom stereocenters. The SMILES string of the molecule is CCn1c(C2CCNCC2)nn(C[C@@H]2CCCS(=O)(=O)C2)c1=O. The Balaban J connectivity index is 1.82. The zero-order chi connectivity index (χ0) is 16.4. The van der Waals surface area contributed by atoms with Crippen LogP contribution in [0.3, 0.4) is 0 Å². The van der Waals surface area contributed by atoms with E-state index in [0.717, 1.165) is 38.2 Å². The third-order valence-corrected chi connectivity index (χ3v) is 6.85. The first-order chi connectivity index (χ1) is 11.0. The standard InChI is InChI=1S/C15H26N4O3S/c1-2-18-14(13-5-7-16-8-6-13)17-19(15(18)20)10-12-4-3-9-23(21,22)11-12/h12-13,16H,2-11H2,1H3/t12-/m0/s1. The topological polar surface area (TPSA) is 86.0 Å². The first-order valence-electron chi connectivity index (χ1n) is 8.59. The molecule has 2 fully saturated rings. The first-order valence-corrected chi connectivity index (χ1v) is 10.4. The van der Waals surface area contributed by atoms with E-state index in [0.29, 0.717) is 25.4 Å². The Bertz CT molecular complexity index is 701. The summed E-state index contributed by atoms with van der Waals surface area (Å²) >= 11 is 0. The van der Waals surface area contributed by atoms with E-state index in [2.05, 4.69) is 10.4 Å². The van der Waals surface area contributed by atoms with Crippen LogP contribution in [0.25, 0.3) is 0 Å². The average Bonchev–Trinajstić information content (AvgIpc) is 2.83. The molecule has 2 aliphatic rings. The lowest BCUT2D eigenvalue weighted by molar-refractivity contribution is 0.392. The van der Waals surface area contributed by atoms with Gasteiger partial charge in [0, 0.05) is 12.5 Å². The Morgan fingerprint density at radius 2 is 2.00 bits per heavy atom. The highest BCUT2D eigenvalue weighted by Gasteiger charge is 2.28. The van der Waals surface area contributed by atoms with Crippen molar-refractivity contribution in [3.05, 3.63) is 16.3 Å². The molecule has 0 aliphatic carbocycles. The van der Waals surface area contributed by atoms with E-state index in [9.17, 15) is 13.2 Å². The highest BCUT2D eigenvalue weighted by molar-refractivity contribution is 7.91.